The number of likely N-dealkylation sites (tertiary alicyclic amines) is 1. The average Bonchev–Trinajstić information content (AvgIpc) is 2.98. The topological polar surface area (TPSA) is 75.7 Å². The molecule has 1 amide bonds. The number of nitrogens with one attached hydrogen (secondary N) is 1. The molecule has 1 fully saturated rings. The zero-order valence-corrected chi connectivity index (χ0v) is 17.2. The molecule has 150 valence electrons. The lowest BCUT2D eigenvalue weighted by Gasteiger charge is -2.22. The summed E-state index contributed by atoms with van der Waals surface area (Å²) in [6.45, 7) is 1.34. The minimum absolute atomic E-state index is 0.00132. The monoisotopic (exact) mass is 422 g/mol. The first-order valence-corrected chi connectivity index (χ1v) is 11.0. The van der Waals surface area contributed by atoms with Crippen LogP contribution in [0.15, 0.2) is 47.4 Å². The third-order valence-electron chi connectivity index (χ3n) is 4.70. The van der Waals surface area contributed by atoms with Crippen LogP contribution in [0.2, 0.25) is 5.02 Å². The van der Waals surface area contributed by atoms with E-state index in [1.807, 2.05) is 0 Å². The van der Waals surface area contributed by atoms with E-state index in [4.69, 9.17) is 16.3 Å². The summed E-state index contributed by atoms with van der Waals surface area (Å²) in [5.74, 6) is 0.155. The van der Waals surface area contributed by atoms with E-state index < -0.39 is 10.0 Å². The number of nitrogens with zero attached hydrogens (tertiary/aromatic N) is 1. The van der Waals surface area contributed by atoms with Gasteiger partial charge in [0.1, 0.15) is 5.75 Å². The average molecular weight is 423 g/mol. The molecular formula is C20H23ClN2O4S. The van der Waals surface area contributed by atoms with Crippen LogP contribution in [0.3, 0.4) is 0 Å². The highest BCUT2D eigenvalue weighted by molar-refractivity contribution is 7.92. The molecule has 1 heterocycles. The number of hydrogen-bond donors (Lipinski definition) is 1. The Morgan fingerprint density at radius 2 is 1.68 bits per heavy atom. The van der Waals surface area contributed by atoms with E-state index in [1.165, 1.54) is 25.3 Å². The SMILES string of the molecule is COc1ccc(S(=O)(=O)Nc2ccc(Cl)cc2)cc1C(=O)N1CCCCCC1. The van der Waals surface area contributed by atoms with E-state index in [0.717, 1.165) is 25.7 Å². The van der Waals surface area contributed by atoms with Gasteiger partial charge >= 0.3 is 0 Å². The summed E-state index contributed by atoms with van der Waals surface area (Å²) in [4.78, 5) is 14.8. The Bertz CT molecular complexity index is 937. The Hall–Kier alpha value is -2.25. The lowest BCUT2D eigenvalue weighted by Crippen LogP contribution is -2.32. The van der Waals surface area contributed by atoms with E-state index in [2.05, 4.69) is 4.72 Å². The second-order valence-electron chi connectivity index (χ2n) is 6.68. The lowest BCUT2D eigenvalue weighted by atomic mass is 10.1. The highest BCUT2D eigenvalue weighted by Crippen LogP contribution is 2.26. The fourth-order valence-corrected chi connectivity index (χ4v) is 4.41. The Kier molecular flexibility index (Phi) is 6.46. The highest BCUT2D eigenvalue weighted by atomic mass is 35.5. The molecule has 6 nitrogen and oxygen atoms in total. The van der Waals surface area contributed by atoms with Crippen LogP contribution < -0.4 is 9.46 Å². The van der Waals surface area contributed by atoms with Gasteiger partial charge in [-0.05, 0) is 55.3 Å². The summed E-state index contributed by atoms with van der Waals surface area (Å²) in [6.07, 6.45) is 4.09. The first-order chi connectivity index (χ1) is 13.4. The van der Waals surface area contributed by atoms with Gasteiger partial charge in [-0.3, -0.25) is 9.52 Å². The Morgan fingerprint density at radius 3 is 2.29 bits per heavy atom. The largest absolute Gasteiger partial charge is 0.496 e. The molecule has 0 aromatic heterocycles. The normalized spacial score (nSPS) is 15.0. The molecular weight excluding hydrogens is 400 g/mol. The molecule has 0 spiro atoms. The van der Waals surface area contributed by atoms with Crippen molar-refractivity contribution in [2.75, 3.05) is 24.9 Å². The Balaban J connectivity index is 1.90. The van der Waals surface area contributed by atoms with Crippen LogP contribution in [0.5, 0.6) is 5.75 Å². The van der Waals surface area contributed by atoms with E-state index in [-0.39, 0.29) is 16.4 Å². The summed E-state index contributed by atoms with van der Waals surface area (Å²) in [5, 5.41) is 0.512. The number of methoxy groups -OCH3 is 1. The number of ether oxygens (including phenoxy) is 1. The van der Waals surface area contributed by atoms with Gasteiger partial charge in [-0.2, -0.15) is 0 Å². The fourth-order valence-electron chi connectivity index (χ4n) is 3.20. The summed E-state index contributed by atoms with van der Waals surface area (Å²) < 4.78 is 33.4. The molecule has 0 bridgehead atoms. The zero-order valence-electron chi connectivity index (χ0n) is 15.7. The van der Waals surface area contributed by atoms with Crippen molar-refractivity contribution in [1.29, 1.82) is 0 Å². The quantitative estimate of drug-likeness (QED) is 0.784. The standard InChI is InChI=1S/C20H23ClN2O4S/c1-27-19-11-10-17(28(25,26)22-16-8-6-15(21)7-9-16)14-18(19)20(24)23-12-4-2-3-5-13-23/h6-11,14,22H,2-5,12-13H2,1H3. The molecule has 0 saturated carbocycles. The fraction of sp³-hybridized carbons (Fsp3) is 0.350. The molecule has 2 aromatic carbocycles. The molecule has 0 atom stereocenters. The molecule has 0 unspecified atom stereocenters. The van der Waals surface area contributed by atoms with Crippen molar-refractivity contribution < 1.29 is 17.9 Å². The summed E-state index contributed by atoms with van der Waals surface area (Å²) in [5.41, 5.74) is 0.643. The first kappa shape index (κ1) is 20.5. The van der Waals surface area contributed by atoms with Gasteiger partial charge in [-0.25, -0.2) is 8.42 Å². The molecule has 1 aliphatic rings. The van der Waals surface area contributed by atoms with Crippen LogP contribution in [-0.4, -0.2) is 39.4 Å². The van der Waals surface area contributed by atoms with Crippen LogP contribution in [0.25, 0.3) is 0 Å². The number of hydrogen-bond acceptors (Lipinski definition) is 4. The Labute approximate surface area is 170 Å². The van der Waals surface area contributed by atoms with Crippen LogP contribution in [-0.2, 0) is 10.0 Å². The first-order valence-electron chi connectivity index (χ1n) is 9.16. The number of rotatable bonds is 5. The van der Waals surface area contributed by atoms with E-state index >= 15 is 0 Å². The van der Waals surface area contributed by atoms with Gasteiger partial charge in [0, 0.05) is 23.8 Å². The summed E-state index contributed by atoms with van der Waals surface area (Å²) in [7, 11) is -2.40. The molecule has 1 N–H and O–H groups in total. The molecule has 1 aliphatic heterocycles. The van der Waals surface area contributed by atoms with Gasteiger partial charge in [0.15, 0.2) is 0 Å². The number of carbonyl (C=O) groups excluding carboxylic acids is 1. The number of carbonyl (C=O) groups is 1. The lowest BCUT2D eigenvalue weighted by molar-refractivity contribution is 0.0758. The molecule has 1 saturated heterocycles. The smallest absolute Gasteiger partial charge is 0.261 e. The maximum atomic E-state index is 13.0. The molecule has 0 radical (unpaired) electrons. The minimum Gasteiger partial charge on any atom is -0.496 e. The third-order valence-corrected chi connectivity index (χ3v) is 6.33. The predicted octanol–water partition coefficient (Wildman–Crippen LogP) is 4.17. The van der Waals surface area contributed by atoms with Crippen LogP contribution in [0.1, 0.15) is 36.0 Å². The van der Waals surface area contributed by atoms with E-state index in [1.54, 1.807) is 29.2 Å². The molecule has 0 aliphatic carbocycles. The number of anilines is 1. The van der Waals surface area contributed by atoms with Crippen molar-refractivity contribution in [3.63, 3.8) is 0 Å². The molecule has 8 heteroatoms. The van der Waals surface area contributed by atoms with Gasteiger partial charge in [0.25, 0.3) is 15.9 Å². The van der Waals surface area contributed by atoms with E-state index in [0.29, 0.717) is 29.5 Å². The Morgan fingerprint density at radius 1 is 1.04 bits per heavy atom. The van der Waals surface area contributed by atoms with Crippen molar-refractivity contribution in [3.8, 4) is 5.75 Å². The second kappa shape index (κ2) is 8.84. The van der Waals surface area contributed by atoms with Gasteiger partial charge in [-0.1, -0.05) is 24.4 Å². The minimum atomic E-state index is -3.86. The van der Waals surface area contributed by atoms with Crippen molar-refractivity contribution in [1.82, 2.24) is 4.90 Å². The zero-order chi connectivity index (χ0) is 20.1. The second-order valence-corrected chi connectivity index (χ2v) is 8.80. The third kappa shape index (κ3) is 4.77. The number of benzene rings is 2. The highest BCUT2D eigenvalue weighted by Gasteiger charge is 2.24. The maximum Gasteiger partial charge on any atom is 0.261 e. The maximum absolute atomic E-state index is 13.0. The molecule has 2 aromatic rings. The van der Waals surface area contributed by atoms with Gasteiger partial charge in [-0.15, -0.1) is 0 Å². The predicted molar refractivity (Wildman–Crippen MR) is 110 cm³/mol. The van der Waals surface area contributed by atoms with Crippen molar-refractivity contribution in [2.24, 2.45) is 0 Å². The molecule has 28 heavy (non-hydrogen) atoms. The van der Waals surface area contributed by atoms with Crippen molar-refractivity contribution in [3.05, 3.63) is 53.1 Å². The van der Waals surface area contributed by atoms with Gasteiger partial charge in [0.2, 0.25) is 0 Å². The molecule has 3 rings (SSSR count). The number of halogens is 1. The van der Waals surface area contributed by atoms with Crippen molar-refractivity contribution in [2.45, 2.75) is 30.6 Å². The van der Waals surface area contributed by atoms with E-state index in [9.17, 15) is 13.2 Å². The number of amides is 1. The summed E-state index contributed by atoms with van der Waals surface area (Å²) in [6, 6.07) is 10.7. The number of sulfonamides is 1. The van der Waals surface area contributed by atoms with Crippen LogP contribution in [0.4, 0.5) is 5.69 Å². The summed E-state index contributed by atoms with van der Waals surface area (Å²) >= 11 is 5.84. The van der Waals surface area contributed by atoms with Gasteiger partial charge in [0.05, 0.1) is 17.6 Å². The van der Waals surface area contributed by atoms with Gasteiger partial charge < -0.3 is 9.64 Å². The van der Waals surface area contributed by atoms with Crippen LogP contribution in [0, 0.1) is 0 Å². The van der Waals surface area contributed by atoms with Crippen molar-refractivity contribution >= 4 is 33.2 Å². The van der Waals surface area contributed by atoms with Crippen LogP contribution >= 0.6 is 11.6 Å².